The average molecular weight is 256 g/mol. The zero-order valence-corrected chi connectivity index (χ0v) is 11.1. The van der Waals surface area contributed by atoms with E-state index in [0.29, 0.717) is 37.1 Å². The standard InChI is InChI=1S/C14H21FO3/c1-10(2)9-17-6-7-18-14-5-4-12(15)8-13(14)11(3)16/h4-5,8,10-11,16H,6-7,9H2,1-3H3. The Kier molecular flexibility index (Phi) is 6.09. The van der Waals surface area contributed by atoms with E-state index in [2.05, 4.69) is 13.8 Å². The maximum absolute atomic E-state index is 13.0. The van der Waals surface area contributed by atoms with E-state index in [1.807, 2.05) is 0 Å². The minimum atomic E-state index is -0.757. The van der Waals surface area contributed by atoms with Gasteiger partial charge in [-0.1, -0.05) is 13.8 Å². The smallest absolute Gasteiger partial charge is 0.125 e. The quantitative estimate of drug-likeness (QED) is 0.762. The number of rotatable bonds is 7. The molecule has 3 nitrogen and oxygen atoms in total. The molecule has 0 radical (unpaired) electrons. The van der Waals surface area contributed by atoms with Crippen molar-refractivity contribution in [2.45, 2.75) is 26.9 Å². The Morgan fingerprint density at radius 1 is 1.22 bits per heavy atom. The highest BCUT2D eigenvalue weighted by molar-refractivity contribution is 5.35. The van der Waals surface area contributed by atoms with E-state index in [1.54, 1.807) is 6.92 Å². The number of aliphatic hydroxyl groups excluding tert-OH is 1. The predicted molar refractivity (Wildman–Crippen MR) is 68.2 cm³/mol. The van der Waals surface area contributed by atoms with Crippen molar-refractivity contribution in [3.05, 3.63) is 29.6 Å². The number of ether oxygens (including phenoxy) is 2. The van der Waals surface area contributed by atoms with Gasteiger partial charge in [0.1, 0.15) is 18.2 Å². The van der Waals surface area contributed by atoms with Gasteiger partial charge in [-0.3, -0.25) is 0 Å². The third-order valence-electron chi connectivity index (χ3n) is 2.36. The molecule has 0 aliphatic heterocycles. The molecule has 1 rings (SSSR count). The van der Waals surface area contributed by atoms with Gasteiger partial charge in [-0.25, -0.2) is 4.39 Å². The first-order valence-electron chi connectivity index (χ1n) is 6.18. The van der Waals surface area contributed by atoms with E-state index in [0.717, 1.165) is 0 Å². The molecule has 0 aliphatic carbocycles. The minimum Gasteiger partial charge on any atom is -0.491 e. The molecule has 102 valence electrons. The molecule has 0 amide bonds. The van der Waals surface area contributed by atoms with Gasteiger partial charge >= 0.3 is 0 Å². The summed E-state index contributed by atoms with van der Waals surface area (Å²) in [5.41, 5.74) is 0.457. The van der Waals surface area contributed by atoms with Gasteiger partial charge in [0.25, 0.3) is 0 Å². The van der Waals surface area contributed by atoms with E-state index in [4.69, 9.17) is 9.47 Å². The highest BCUT2D eigenvalue weighted by Crippen LogP contribution is 2.25. The Labute approximate surface area is 108 Å². The van der Waals surface area contributed by atoms with Crippen LogP contribution in [0.4, 0.5) is 4.39 Å². The molecule has 4 heteroatoms. The Morgan fingerprint density at radius 2 is 1.94 bits per heavy atom. The van der Waals surface area contributed by atoms with Crippen LogP contribution in [-0.4, -0.2) is 24.9 Å². The fraction of sp³-hybridized carbons (Fsp3) is 0.571. The summed E-state index contributed by atoms with van der Waals surface area (Å²) in [5.74, 6) is 0.609. The second-order valence-corrected chi connectivity index (χ2v) is 4.68. The Bertz CT molecular complexity index is 364. The van der Waals surface area contributed by atoms with Gasteiger partial charge in [0.15, 0.2) is 0 Å². The molecule has 0 heterocycles. The Balaban J connectivity index is 2.46. The highest BCUT2D eigenvalue weighted by Gasteiger charge is 2.10. The van der Waals surface area contributed by atoms with Crippen molar-refractivity contribution in [3.8, 4) is 5.75 Å². The molecular formula is C14H21FO3. The number of aliphatic hydroxyl groups is 1. The number of hydrogen-bond acceptors (Lipinski definition) is 3. The van der Waals surface area contributed by atoms with Gasteiger partial charge in [0.05, 0.1) is 12.7 Å². The van der Waals surface area contributed by atoms with E-state index >= 15 is 0 Å². The number of benzene rings is 1. The van der Waals surface area contributed by atoms with Crippen molar-refractivity contribution in [1.82, 2.24) is 0 Å². The normalized spacial score (nSPS) is 12.8. The highest BCUT2D eigenvalue weighted by atomic mass is 19.1. The predicted octanol–water partition coefficient (Wildman–Crippen LogP) is 2.93. The molecule has 0 aliphatic rings. The summed E-state index contributed by atoms with van der Waals surface area (Å²) in [7, 11) is 0. The first-order valence-corrected chi connectivity index (χ1v) is 6.18. The summed E-state index contributed by atoms with van der Waals surface area (Å²) in [6.07, 6.45) is -0.757. The average Bonchev–Trinajstić information content (AvgIpc) is 2.29. The van der Waals surface area contributed by atoms with E-state index in [9.17, 15) is 9.50 Å². The molecule has 0 saturated carbocycles. The second-order valence-electron chi connectivity index (χ2n) is 4.68. The molecule has 0 spiro atoms. The monoisotopic (exact) mass is 256 g/mol. The molecule has 0 fully saturated rings. The molecule has 1 aromatic rings. The van der Waals surface area contributed by atoms with Crippen molar-refractivity contribution >= 4 is 0 Å². The first kappa shape index (κ1) is 14.9. The van der Waals surface area contributed by atoms with Gasteiger partial charge < -0.3 is 14.6 Å². The van der Waals surface area contributed by atoms with Crippen LogP contribution in [0.2, 0.25) is 0 Å². The van der Waals surface area contributed by atoms with Crippen molar-refractivity contribution in [2.75, 3.05) is 19.8 Å². The van der Waals surface area contributed by atoms with E-state index in [-0.39, 0.29) is 5.82 Å². The molecule has 0 bridgehead atoms. The Hall–Kier alpha value is -1.13. The molecule has 0 saturated heterocycles. The van der Waals surface area contributed by atoms with Crippen LogP contribution >= 0.6 is 0 Å². The zero-order chi connectivity index (χ0) is 13.5. The van der Waals surface area contributed by atoms with Crippen LogP contribution in [0.15, 0.2) is 18.2 Å². The molecule has 1 N–H and O–H groups in total. The molecule has 1 atom stereocenters. The molecule has 1 aromatic carbocycles. The molecular weight excluding hydrogens is 235 g/mol. The lowest BCUT2D eigenvalue weighted by Crippen LogP contribution is -2.11. The largest absolute Gasteiger partial charge is 0.491 e. The third-order valence-corrected chi connectivity index (χ3v) is 2.36. The summed E-state index contributed by atoms with van der Waals surface area (Å²) >= 11 is 0. The van der Waals surface area contributed by atoms with Gasteiger partial charge in [0.2, 0.25) is 0 Å². The van der Waals surface area contributed by atoms with Gasteiger partial charge in [-0.2, -0.15) is 0 Å². The zero-order valence-electron chi connectivity index (χ0n) is 11.1. The van der Waals surface area contributed by atoms with Crippen LogP contribution in [0.5, 0.6) is 5.75 Å². The lowest BCUT2D eigenvalue weighted by molar-refractivity contribution is 0.0805. The first-order chi connectivity index (χ1) is 8.50. The molecule has 1 unspecified atom stereocenters. The van der Waals surface area contributed by atoms with Crippen LogP contribution < -0.4 is 4.74 Å². The summed E-state index contributed by atoms with van der Waals surface area (Å²) in [6, 6.07) is 4.13. The second kappa shape index (κ2) is 7.34. The third kappa shape index (κ3) is 5.02. The van der Waals surface area contributed by atoms with Crippen LogP contribution in [0, 0.1) is 11.7 Å². The fourth-order valence-corrected chi connectivity index (χ4v) is 1.51. The van der Waals surface area contributed by atoms with E-state index in [1.165, 1.54) is 18.2 Å². The summed E-state index contributed by atoms with van der Waals surface area (Å²) in [4.78, 5) is 0. The van der Waals surface area contributed by atoms with Crippen molar-refractivity contribution < 1.29 is 19.0 Å². The van der Waals surface area contributed by atoms with E-state index < -0.39 is 6.10 Å². The summed E-state index contributed by atoms with van der Waals surface area (Å²) < 4.78 is 23.9. The van der Waals surface area contributed by atoms with Gasteiger partial charge in [0, 0.05) is 12.2 Å². The minimum absolute atomic E-state index is 0.380. The lowest BCUT2D eigenvalue weighted by Gasteiger charge is -2.14. The van der Waals surface area contributed by atoms with Crippen LogP contribution in [0.1, 0.15) is 32.4 Å². The van der Waals surface area contributed by atoms with Crippen molar-refractivity contribution in [3.63, 3.8) is 0 Å². The van der Waals surface area contributed by atoms with Gasteiger partial charge in [-0.15, -0.1) is 0 Å². The summed E-state index contributed by atoms with van der Waals surface area (Å²) in [5, 5.41) is 9.53. The van der Waals surface area contributed by atoms with Crippen LogP contribution in [0.3, 0.4) is 0 Å². The topological polar surface area (TPSA) is 38.7 Å². The maximum atomic E-state index is 13.0. The van der Waals surface area contributed by atoms with Crippen molar-refractivity contribution in [1.29, 1.82) is 0 Å². The van der Waals surface area contributed by atoms with Crippen LogP contribution in [0.25, 0.3) is 0 Å². The number of hydrogen-bond donors (Lipinski definition) is 1. The van der Waals surface area contributed by atoms with Crippen molar-refractivity contribution in [2.24, 2.45) is 5.92 Å². The summed E-state index contributed by atoms with van der Waals surface area (Å²) in [6.45, 7) is 7.29. The van der Waals surface area contributed by atoms with Crippen LogP contribution in [-0.2, 0) is 4.74 Å². The lowest BCUT2D eigenvalue weighted by atomic mass is 10.1. The Morgan fingerprint density at radius 3 is 2.56 bits per heavy atom. The van der Waals surface area contributed by atoms with Gasteiger partial charge in [-0.05, 0) is 31.0 Å². The SMILES string of the molecule is CC(C)COCCOc1ccc(F)cc1C(C)O. The number of halogens is 1. The fourth-order valence-electron chi connectivity index (χ4n) is 1.51. The molecule has 18 heavy (non-hydrogen) atoms. The maximum Gasteiger partial charge on any atom is 0.125 e. The molecule has 0 aromatic heterocycles.